The van der Waals surface area contributed by atoms with Gasteiger partial charge in [0.05, 0.1) is 0 Å². The first-order chi connectivity index (χ1) is 7.24. The molecule has 2 atom stereocenters. The molecule has 15 heavy (non-hydrogen) atoms. The van der Waals surface area contributed by atoms with Gasteiger partial charge in [0.1, 0.15) is 0 Å². The van der Waals surface area contributed by atoms with Gasteiger partial charge < -0.3 is 4.90 Å². The van der Waals surface area contributed by atoms with E-state index in [-0.39, 0.29) is 0 Å². The molecule has 1 saturated heterocycles. The molecule has 0 aromatic rings. The Kier molecular flexibility index (Phi) is 3.55. The van der Waals surface area contributed by atoms with Crippen LogP contribution in [0.3, 0.4) is 0 Å². The first-order valence-corrected chi connectivity index (χ1v) is 6.64. The monoisotopic (exact) mass is 229 g/mol. The third-order valence-electron chi connectivity index (χ3n) is 4.03. The van der Waals surface area contributed by atoms with Crippen molar-refractivity contribution in [2.45, 2.75) is 45.1 Å². The van der Waals surface area contributed by atoms with Crippen LogP contribution in [-0.2, 0) is 4.79 Å². The highest BCUT2D eigenvalue weighted by molar-refractivity contribution is 6.18. The molecule has 86 valence electrons. The van der Waals surface area contributed by atoms with Crippen molar-refractivity contribution in [3.63, 3.8) is 0 Å². The van der Waals surface area contributed by atoms with Crippen LogP contribution >= 0.6 is 11.6 Å². The van der Waals surface area contributed by atoms with Gasteiger partial charge in [-0.1, -0.05) is 19.8 Å². The Hall–Kier alpha value is -0.240. The van der Waals surface area contributed by atoms with E-state index in [0.29, 0.717) is 29.7 Å². The lowest BCUT2D eigenvalue weighted by Crippen LogP contribution is -2.41. The third kappa shape index (κ3) is 2.15. The van der Waals surface area contributed by atoms with E-state index in [2.05, 4.69) is 6.92 Å². The number of nitrogens with zero attached hydrogens (tertiary/aromatic N) is 1. The Morgan fingerprint density at radius 3 is 2.60 bits per heavy atom. The first-order valence-electron chi connectivity index (χ1n) is 6.10. The van der Waals surface area contributed by atoms with E-state index in [4.69, 9.17) is 11.6 Å². The maximum atomic E-state index is 12.2. The molecule has 2 nitrogen and oxygen atoms in total. The van der Waals surface area contributed by atoms with Crippen molar-refractivity contribution in [2.75, 3.05) is 12.4 Å². The summed E-state index contributed by atoms with van der Waals surface area (Å²) in [5.41, 5.74) is 0. The zero-order chi connectivity index (χ0) is 10.8. The highest BCUT2D eigenvalue weighted by Gasteiger charge is 2.37. The average molecular weight is 230 g/mol. The van der Waals surface area contributed by atoms with Gasteiger partial charge in [-0.05, 0) is 25.2 Å². The van der Waals surface area contributed by atoms with E-state index < -0.39 is 0 Å². The molecular formula is C12H20ClNO. The number of hydrogen-bond acceptors (Lipinski definition) is 1. The molecule has 2 rings (SSSR count). The second-order valence-corrected chi connectivity index (χ2v) is 5.31. The van der Waals surface area contributed by atoms with Gasteiger partial charge in [0.15, 0.2) is 0 Å². The largest absolute Gasteiger partial charge is 0.338 e. The maximum absolute atomic E-state index is 12.2. The third-order valence-corrected chi connectivity index (χ3v) is 4.34. The van der Waals surface area contributed by atoms with Crippen molar-refractivity contribution in [1.29, 1.82) is 0 Å². The summed E-state index contributed by atoms with van der Waals surface area (Å²) < 4.78 is 0. The summed E-state index contributed by atoms with van der Waals surface area (Å²) in [6.45, 7) is 3.13. The lowest BCUT2D eigenvalue weighted by molar-refractivity contribution is -0.136. The van der Waals surface area contributed by atoms with Crippen molar-refractivity contribution >= 4 is 17.5 Å². The lowest BCUT2D eigenvalue weighted by atomic mass is 10.0. The van der Waals surface area contributed by atoms with Crippen molar-refractivity contribution < 1.29 is 4.79 Å². The van der Waals surface area contributed by atoms with Crippen LogP contribution in [0.15, 0.2) is 0 Å². The van der Waals surface area contributed by atoms with E-state index in [9.17, 15) is 4.79 Å². The number of hydrogen-bond donors (Lipinski definition) is 0. The standard InChI is InChI=1S/C12H20ClNO/c1-9-6-7-14(11(9)8-13)12(15)10-4-2-3-5-10/h9-11H,2-8H2,1H3. The van der Waals surface area contributed by atoms with Gasteiger partial charge in [0.25, 0.3) is 0 Å². The summed E-state index contributed by atoms with van der Waals surface area (Å²) in [7, 11) is 0. The fourth-order valence-corrected chi connectivity index (χ4v) is 3.40. The van der Waals surface area contributed by atoms with Crippen LogP contribution in [0.2, 0.25) is 0 Å². The summed E-state index contributed by atoms with van der Waals surface area (Å²) in [4.78, 5) is 14.3. The number of alkyl halides is 1. The van der Waals surface area contributed by atoms with Gasteiger partial charge in [-0.15, -0.1) is 11.6 Å². The van der Waals surface area contributed by atoms with Crippen LogP contribution in [-0.4, -0.2) is 29.3 Å². The average Bonchev–Trinajstić information content (AvgIpc) is 2.85. The minimum absolute atomic E-state index is 0.291. The summed E-state index contributed by atoms with van der Waals surface area (Å²) >= 11 is 5.95. The van der Waals surface area contributed by atoms with Crippen molar-refractivity contribution in [3.05, 3.63) is 0 Å². The molecule has 1 aliphatic carbocycles. The Morgan fingerprint density at radius 1 is 1.33 bits per heavy atom. The normalized spacial score (nSPS) is 32.5. The van der Waals surface area contributed by atoms with E-state index >= 15 is 0 Å². The van der Waals surface area contributed by atoms with Crippen LogP contribution in [0.25, 0.3) is 0 Å². The Morgan fingerprint density at radius 2 is 2.00 bits per heavy atom. The number of halogens is 1. The van der Waals surface area contributed by atoms with Gasteiger partial charge >= 0.3 is 0 Å². The summed E-state index contributed by atoms with van der Waals surface area (Å²) in [5, 5.41) is 0. The second kappa shape index (κ2) is 4.73. The topological polar surface area (TPSA) is 20.3 Å². The molecule has 2 unspecified atom stereocenters. The van der Waals surface area contributed by atoms with Gasteiger partial charge in [0, 0.05) is 24.4 Å². The molecule has 1 amide bonds. The molecule has 0 bridgehead atoms. The molecule has 1 saturated carbocycles. The van der Waals surface area contributed by atoms with Crippen LogP contribution in [0.4, 0.5) is 0 Å². The van der Waals surface area contributed by atoms with Crippen molar-refractivity contribution in [2.24, 2.45) is 11.8 Å². The second-order valence-electron chi connectivity index (χ2n) is 5.00. The molecule has 2 aliphatic rings. The number of carbonyl (C=O) groups excluding carboxylic acids is 1. The first kappa shape index (κ1) is 11.3. The predicted molar refractivity (Wildman–Crippen MR) is 62.0 cm³/mol. The molecule has 0 spiro atoms. The number of rotatable bonds is 2. The van der Waals surface area contributed by atoms with Crippen molar-refractivity contribution in [1.82, 2.24) is 4.90 Å². The van der Waals surface area contributed by atoms with Crippen LogP contribution in [0.1, 0.15) is 39.0 Å². The Balaban J connectivity index is 2.00. The summed E-state index contributed by atoms with van der Waals surface area (Å²) in [6, 6.07) is 0.291. The fraction of sp³-hybridized carbons (Fsp3) is 0.917. The quantitative estimate of drug-likeness (QED) is 0.667. The molecule has 1 heterocycles. The molecule has 0 N–H and O–H groups in total. The molecule has 0 aromatic heterocycles. The summed E-state index contributed by atoms with van der Waals surface area (Å²) in [5.74, 6) is 1.86. The van der Waals surface area contributed by atoms with E-state index in [1.165, 1.54) is 12.8 Å². The number of carbonyl (C=O) groups is 1. The fourth-order valence-electron chi connectivity index (χ4n) is 2.92. The molecule has 0 radical (unpaired) electrons. The number of likely N-dealkylation sites (tertiary alicyclic amines) is 1. The number of amides is 1. The minimum Gasteiger partial charge on any atom is -0.338 e. The van der Waals surface area contributed by atoms with E-state index in [0.717, 1.165) is 25.8 Å². The van der Waals surface area contributed by atoms with E-state index in [1.807, 2.05) is 4.90 Å². The predicted octanol–water partition coefficient (Wildman–Crippen LogP) is 2.65. The zero-order valence-corrected chi connectivity index (χ0v) is 10.2. The van der Waals surface area contributed by atoms with Crippen LogP contribution in [0.5, 0.6) is 0 Å². The molecule has 0 aromatic carbocycles. The minimum atomic E-state index is 0.291. The molecular weight excluding hydrogens is 210 g/mol. The van der Waals surface area contributed by atoms with E-state index in [1.54, 1.807) is 0 Å². The molecule has 2 fully saturated rings. The zero-order valence-electron chi connectivity index (χ0n) is 9.42. The lowest BCUT2D eigenvalue weighted by Gasteiger charge is -2.27. The van der Waals surface area contributed by atoms with Gasteiger partial charge in [-0.25, -0.2) is 0 Å². The van der Waals surface area contributed by atoms with Gasteiger partial charge in [-0.3, -0.25) is 4.79 Å². The Labute approximate surface area is 97.0 Å². The van der Waals surface area contributed by atoms with Crippen LogP contribution in [0, 0.1) is 11.8 Å². The van der Waals surface area contributed by atoms with Gasteiger partial charge in [0.2, 0.25) is 5.91 Å². The Bertz CT molecular complexity index is 238. The van der Waals surface area contributed by atoms with Gasteiger partial charge in [-0.2, -0.15) is 0 Å². The maximum Gasteiger partial charge on any atom is 0.225 e. The molecule has 3 heteroatoms. The smallest absolute Gasteiger partial charge is 0.225 e. The highest BCUT2D eigenvalue weighted by atomic mass is 35.5. The van der Waals surface area contributed by atoms with Crippen molar-refractivity contribution in [3.8, 4) is 0 Å². The van der Waals surface area contributed by atoms with Crippen LogP contribution < -0.4 is 0 Å². The molecule has 1 aliphatic heterocycles. The highest BCUT2D eigenvalue weighted by Crippen LogP contribution is 2.31. The SMILES string of the molecule is CC1CCN(C(=O)C2CCCC2)C1CCl. The summed E-state index contributed by atoms with van der Waals surface area (Å²) in [6.07, 6.45) is 5.77.